The van der Waals surface area contributed by atoms with Gasteiger partial charge < -0.3 is 10.6 Å². The van der Waals surface area contributed by atoms with E-state index >= 15 is 0 Å². The van der Waals surface area contributed by atoms with Crippen LogP contribution in [0.1, 0.15) is 38.4 Å². The quantitative estimate of drug-likeness (QED) is 0.786. The molecule has 1 aromatic rings. The van der Waals surface area contributed by atoms with E-state index in [4.69, 9.17) is 5.73 Å². The van der Waals surface area contributed by atoms with Crippen LogP contribution < -0.4 is 5.73 Å². The van der Waals surface area contributed by atoms with Crippen LogP contribution in [0.3, 0.4) is 0 Å². The number of hydrogen-bond donors (Lipinski definition) is 1. The summed E-state index contributed by atoms with van der Waals surface area (Å²) in [6.07, 6.45) is 5.05. The minimum Gasteiger partial charge on any atom is -0.327 e. The van der Waals surface area contributed by atoms with Crippen LogP contribution in [-0.2, 0) is 6.42 Å². The van der Waals surface area contributed by atoms with Crippen molar-refractivity contribution in [3.63, 3.8) is 0 Å². The van der Waals surface area contributed by atoms with Gasteiger partial charge in [-0.2, -0.15) is 5.10 Å². The average molecular weight is 238 g/mol. The number of hydrogen-bond acceptors (Lipinski definition) is 3. The van der Waals surface area contributed by atoms with E-state index in [0.29, 0.717) is 6.04 Å². The first-order chi connectivity index (χ1) is 8.02. The maximum Gasteiger partial charge on any atom is 0.0640 e. The SMILES string of the molecule is CCC(C)n1ccc(CC(N)CCN(C)C)n1. The summed E-state index contributed by atoms with van der Waals surface area (Å²) in [5, 5.41) is 4.57. The Morgan fingerprint density at radius 2 is 2.18 bits per heavy atom. The lowest BCUT2D eigenvalue weighted by molar-refractivity contribution is 0.378. The molecule has 0 aromatic carbocycles. The van der Waals surface area contributed by atoms with Crippen molar-refractivity contribution in [3.8, 4) is 0 Å². The molecule has 0 fully saturated rings. The first-order valence-corrected chi connectivity index (χ1v) is 6.47. The second-order valence-electron chi connectivity index (χ2n) is 5.10. The lowest BCUT2D eigenvalue weighted by Crippen LogP contribution is -2.28. The Balaban J connectivity index is 2.43. The summed E-state index contributed by atoms with van der Waals surface area (Å²) in [6, 6.07) is 2.77. The highest BCUT2D eigenvalue weighted by Gasteiger charge is 2.09. The molecule has 0 radical (unpaired) electrons. The van der Waals surface area contributed by atoms with Gasteiger partial charge in [0.2, 0.25) is 0 Å². The van der Waals surface area contributed by atoms with E-state index in [2.05, 4.69) is 50.2 Å². The fraction of sp³-hybridized carbons (Fsp3) is 0.769. The largest absolute Gasteiger partial charge is 0.327 e. The first-order valence-electron chi connectivity index (χ1n) is 6.47. The number of rotatable bonds is 7. The molecule has 0 amide bonds. The Hall–Kier alpha value is -0.870. The molecule has 17 heavy (non-hydrogen) atoms. The Kier molecular flexibility index (Phi) is 5.65. The average Bonchev–Trinajstić information content (AvgIpc) is 2.73. The van der Waals surface area contributed by atoms with Gasteiger partial charge in [-0.1, -0.05) is 6.92 Å². The summed E-state index contributed by atoms with van der Waals surface area (Å²) in [6.45, 7) is 5.39. The van der Waals surface area contributed by atoms with Crippen molar-refractivity contribution >= 4 is 0 Å². The van der Waals surface area contributed by atoms with E-state index in [1.165, 1.54) is 0 Å². The van der Waals surface area contributed by atoms with E-state index in [-0.39, 0.29) is 6.04 Å². The molecule has 0 aliphatic heterocycles. The molecule has 98 valence electrons. The molecule has 2 atom stereocenters. The molecule has 4 nitrogen and oxygen atoms in total. The van der Waals surface area contributed by atoms with Gasteiger partial charge in [-0.3, -0.25) is 4.68 Å². The highest BCUT2D eigenvalue weighted by molar-refractivity contribution is 5.01. The predicted octanol–water partition coefficient (Wildman–Crippen LogP) is 1.68. The van der Waals surface area contributed by atoms with Crippen LogP contribution in [0.5, 0.6) is 0 Å². The molecular formula is C13H26N4. The molecule has 1 rings (SSSR count). The molecule has 0 aliphatic carbocycles. The first kappa shape index (κ1) is 14.2. The Morgan fingerprint density at radius 1 is 1.47 bits per heavy atom. The van der Waals surface area contributed by atoms with Gasteiger partial charge in [0.25, 0.3) is 0 Å². The number of nitrogens with zero attached hydrogens (tertiary/aromatic N) is 3. The Bertz CT molecular complexity index is 319. The maximum atomic E-state index is 6.10. The van der Waals surface area contributed by atoms with E-state index < -0.39 is 0 Å². The molecule has 1 aromatic heterocycles. The van der Waals surface area contributed by atoms with E-state index in [9.17, 15) is 0 Å². The van der Waals surface area contributed by atoms with Crippen LogP contribution in [0.2, 0.25) is 0 Å². The highest BCUT2D eigenvalue weighted by Crippen LogP contribution is 2.10. The molecule has 2 unspecified atom stereocenters. The number of aromatic nitrogens is 2. The molecule has 0 saturated heterocycles. The van der Waals surface area contributed by atoms with Crippen molar-refractivity contribution < 1.29 is 0 Å². The third-order valence-electron chi connectivity index (χ3n) is 3.12. The van der Waals surface area contributed by atoms with Gasteiger partial charge in [-0.25, -0.2) is 0 Å². The second kappa shape index (κ2) is 6.77. The highest BCUT2D eigenvalue weighted by atomic mass is 15.3. The van der Waals surface area contributed by atoms with Crippen molar-refractivity contribution in [2.45, 2.75) is 45.2 Å². The lowest BCUT2D eigenvalue weighted by Gasteiger charge is -2.14. The van der Waals surface area contributed by atoms with Gasteiger partial charge in [0.15, 0.2) is 0 Å². The van der Waals surface area contributed by atoms with Crippen LogP contribution in [0.15, 0.2) is 12.3 Å². The summed E-state index contributed by atoms with van der Waals surface area (Å²) in [4.78, 5) is 2.16. The lowest BCUT2D eigenvalue weighted by atomic mass is 10.1. The standard InChI is InChI=1S/C13H26N4/c1-5-11(2)17-9-7-13(15-17)10-12(14)6-8-16(3)4/h7,9,11-12H,5-6,8,10,14H2,1-4H3. The summed E-state index contributed by atoms with van der Waals surface area (Å²) in [5.74, 6) is 0. The molecule has 4 heteroatoms. The van der Waals surface area contributed by atoms with Gasteiger partial charge in [0, 0.05) is 24.7 Å². The maximum absolute atomic E-state index is 6.10. The number of nitrogens with two attached hydrogens (primary N) is 1. The van der Waals surface area contributed by atoms with Crippen LogP contribution in [0, 0.1) is 0 Å². The van der Waals surface area contributed by atoms with Gasteiger partial charge >= 0.3 is 0 Å². The van der Waals surface area contributed by atoms with Gasteiger partial charge in [-0.05, 0) is 46.5 Å². The second-order valence-corrected chi connectivity index (χ2v) is 5.10. The summed E-state index contributed by atoms with van der Waals surface area (Å²) < 4.78 is 2.04. The normalized spacial score (nSPS) is 15.2. The van der Waals surface area contributed by atoms with Crippen molar-refractivity contribution in [2.24, 2.45) is 5.73 Å². The minimum atomic E-state index is 0.206. The van der Waals surface area contributed by atoms with Crippen LogP contribution >= 0.6 is 0 Å². The Labute approximate surface area is 105 Å². The zero-order valence-electron chi connectivity index (χ0n) is 11.6. The third kappa shape index (κ3) is 4.88. The molecule has 0 saturated carbocycles. The van der Waals surface area contributed by atoms with Crippen LogP contribution in [-0.4, -0.2) is 41.4 Å². The smallest absolute Gasteiger partial charge is 0.0640 e. The fourth-order valence-electron chi connectivity index (χ4n) is 1.71. The predicted molar refractivity (Wildman–Crippen MR) is 72.1 cm³/mol. The molecule has 2 N–H and O–H groups in total. The van der Waals surface area contributed by atoms with E-state index in [1.54, 1.807) is 0 Å². The van der Waals surface area contributed by atoms with E-state index in [1.807, 2.05) is 4.68 Å². The Morgan fingerprint density at radius 3 is 2.76 bits per heavy atom. The van der Waals surface area contributed by atoms with Crippen LogP contribution in [0.4, 0.5) is 0 Å². The zero-order valence-corrected chi connectivity index (χ0v) is 11.6. The molecule has 0 bridgehead atoms. The molecule has 0 spiro atoms. The van der Waals surface area contributed by atoms with Gasteiger partial charge in [0.05, 0.1) is 5.69 Å². The zero-order chi connectivity index (χ0) is 12.8. The molecule has 1 heterocycles. The monoisotopic (exact) mass is 238 g/mol. The van der Waals surface area contributed by atoms with Gasteiger partial charge in [-0.15, -0.1) is 0 Å². The van der Waals surface area contributed by atoms with Crippen molar-refractivity contribution in [1.29, 1.82) is 0 Å². The van der Waals surface area contributed by atoms with Crippen LogP contribution in [0.25, 0.3) is 0 Å². The topological polar surface area (TPSA) is 47.1 Å². The van der Waals surface area contributed by atoms with Crippen molar-refractivity contribution in [1.82, 2.24) is 14.7 Å². The van der Waals surface area contributed by atoms with Crippen molar-refractivity contribution in [3.05, 3.63) is 18.0 Å². The van der Waals surface area contributed by atoms with Gasteiger partial charge in [0.1, 0.15) is 0 Å². The third-order valence-corrected chi connectivity index (χ3v) is 3.12. The fourth-order valence-corrected chi connectivity index (χ4v) is 1.71. The minimum absolute atomic E-state index is 0.206. The summed E-state index contributed by atoms with van der Waals surface area (Å²) >= 11 is 0. The van der Waals surface area contributed by atoms with E-state index in [0.717, 1.165) is 31.5 Å². The molecular weight excluding hydrogens is 212 g/mol. The molecule has 0 aliphatic rings. The van der Waals surface area contributed by atoms with Crippen molar-refractivity contribution in [2.75, 3.05) is 20.6 Å². The summed E-state index contributed by atoms with van der Waals surface area (Å²) in [7, 11) is 4.15. The summed E-state index contributed by atoms with van der Waals surface area (Å²) in [5.41, 5.74) is 7.20.